The molecule has 1 N–H and O–H groups in total. The summed E-state index contributed by atoms with van der Waals surface area (Å²) in [5, 5.41) is 8.99. The molecule has 0 spiro atoms. The number of rotatable bonds is 3. The predicted molar refractivity (Wildman–Crippen MR) is 67.8 cm³/mol. The van der Waals surface area contributed by atoms with E-state index >= 15 is 0 Å². The number of aromatic carboxylic acids is 1. The van der Waals surface area contributed by atoms with Gasteiger partial charge in [-0.25, -0.2) is 4.79 Å². The lowest BCUT2D eigenvalue weighted by Crippen LogP contribution is -2.28. The van der Waals surface area contributed by atoms with Crippen molar-refractivity contribution >= 4 is 17.3 Å². The van der Waals surface area contributed by atoms with Crippen LogP contribution < -0.4 is 0 Å². The van der Waals surface area contributed by atoms with Crippen molar-refractivity contribution in [3.63, 3.8) is 0 Å². The number of nitrogens with zero attached hydrogens (tertiary/aromatic N) is 1. The topological polar surface area (TPSA) is 53.7 Å². The van der Waals surface area contributed by atoms with Crippen molar-refractivity contribution in [2.45, 2.75) is 19.5 Å². The van der Waals surface area contributed by atoms with Crippen LogP contribution in [0.3, 0.4) is 0 Å². The number of carboxylic acids is 1. The molecular formula is C13H13NO3S. The fourth-order valence-electron chi connectivity index (χ4n) is 2.24. The summed E-state index contributed by atoms with van der Waals surface area (Å²) < 4.78 is 5.34. The highest BCUT2D eigenvalue weighted by Crippen LogP contribution is 2.28. The lowest BCUT2D eigenvalue weighted by Gasteiger charge is -2.25. The van der Waals surface area contributed by atoms with Crippen LogP contribution in [0.4, 0.5) is 0 Å². The molecule has 0 atom stereocenters. The smallest absolute Gasteiger partial charge is 0.345 e. The van der Waals surface area contributed by atoms with Gasteiger partial charge in [0.15, 0.2) is 0 Å². The number of thiophene rings is 1. The zero-order valence-electron chi connectivity index (χ0n) is 9.76. The summed E-state index contributed by atoms with van der Waals surface area (Å²) in [7, 11) is 0. The number of hydrogen-bond acceptors (Lipinski definition) is 4. The summed E-state index contributed by atoms with van der Waals surface area (Å²) in [6.45, 7) is 2.55. The summed E-state index contributed by atoms with van der Waals surface area (Å²) in [5.74, 6) is 0.125. The first-order chi connectivity index (χ1) is 8.72. The van der Waals surface area contributed by atoms with Crippen molar-refractivity contribution in [3.8, 4) is 0 Å². The molecule has 0 unspecified atom stereocenters. The second-order valence-electron chi connectivity index (χ2n) is 4.40. The summed E-state index contributed by atoms with van der Waals surface area (Å²) in [4.78, 5) is 14.8. The number of fused-ring (bicyclic) bond motifs is 1. The summed E-state index contributed by atoms with van der Waals surface area (Å²) in [6.07, 6.45) is 2.60. The van der Waals surface area contributed by atoms with Gasteiger partial charge in [-0.3, -0.25) is 4.90 Å². The van der Waals surface area contributed by atoms with Crippen LogP contribution in [0, 0.1) is 0 Å². The second kappa shape index (κ2) is 4.59. The molecule has 0 bridgehead atoms. The van der Waals surface area contributed by atoms with Crippen LogP contribution in [-0.2, 0) is 19.5 Å². The van der Waals surface area contributed by atoms with Crippen molar-refractivity contribution in [1.82, 2.24) is 4.90 Å². The zero-order chi connectivity index (χ0) is 12.5. The van der Waals surface area contributed by atoms with Gasteiger partial charge in [0.25, 0.3) is 0 Å². The quantitative estimate of drug-likeness (QED) is 0.924. The molecular weight excluding hydrogens is 250 g/mol. The Labute approximate surface area is 108 Å². The van der Waals surface area contributed by atoms with Crippen molar-refractivity contribution < 1.29 is 14.3 Å². The minimum absolute atomic E-state index is 0.444. The van der Waals surface area contributed by atoms with Gasteiger partial charge in [-0.15, -0.1) is 11.3 Å². The molecule has 0 saturated heterocycles. The fourth-order valence-corrected chi connectivity index (χ4v) is 3.33. The fraction of sp³-hybridized carbons (Fsp3) is 0.308. The maximum absolute atomic E-state index is 10.9. The monoisotopic (exact) mass is 263 g/mol. The second-order valence-corrected chi connectivity index (χ2v) is 5.54. The highest BCUT2D eigenvalue weighted by molar-refractivity contribution is 7.14. The normalized spacial score (nSPS) is 15.6. The number of furan rings is 1. The molecule has 0 radical (unpaired) electrons. The molecule has 4 nitrogen and oxygen atoms in total. The third kappa shape index (κ3) is 2.19. The molecule has 1 aliphatic rings. The van der Waals surface area contributed by atoms with Gasteiger partial charge in [-0.05, 0) is 30.2 Å². The first-order valence-electron chi connectivity index (χ1n) is 5.82. The van der Waals surface area contributed by atoms with Crippen LogP contribution in [0.1, 0.15) is 25.9 Å². The van der Waals surface area contributed by atoms with Crippen LogP contribution in [0.2, 0.25) is 0 Å². The molecule has 2 aromatic heterocycles. The van der Waals surface area contributed by atoms with Crippen molar-refractivity contribution in [2.75, 3.05) is 6.54 Å². The predicted octanol–water partition coefficient (Wildman–Crippen LogP) is 2.60. The Bertz CT molecular complexity index is 559. The van der Waals surface area contributed by atoms with E-state index in [0.717, 1.165) is 31.8 Å². The molecule has 2 aromatic rings. The Morgan fingerprint density at radius 1 is 1.56 bits per heavy atom. The van der Waals surface area contributed by atoms with Gasteiger partial charge in [-0.2, -0.15) is 0 Å². The SMILES string of the molecule is O=C(O)c1cc2c(s1)CN(Cc1ccco1)CC2. The van der Waals surface area contributed by atoms with E-state index in [0.29, 0.717) is 4.88 Å². The average molecular weight is 263 g/mol. The maximum Gasteiger partial charge on any atom is 0.345 e. The number of carboxylic acid groups (broad SMARTS) is 1. The minimum Gasteiger partial charge on any atom is -0.477 e. The summed E-state index contributed by atoms with van der Waals surface area (Å²) in [6, 6.07) is 5.66. The van der Waals surface area contributed by atoms with Crippen molar-refractivity contribution in [2.24, 2.45) is 0 Å². The van der Waals surface area contributed by atoms with Crippen LogP contribution in [0.25, 0.3) is 0 Å². The maximum atomic E-state index is 10.9. The third-order valence-electron chi connectivity index (χ3n) is 3.13. The Kier molecular flexibility index (Phi) is 2.93. The minimum atomic E-state index is -0.827. The molecule has 3 rings (SSSR count). The van der Waals surface area contributed by atoms with Crippen LogP contribution >= 0.6 is 11.3 Å². The Hall–Kier alpha value is -1.59. The van der Waals surface area contributed by atoms with Gasteiger partial charge in [0, 0.05) is 18.0 Å². The molecule has 0 fully saturated rings. The van der Waals surface area contributed by atoms with Gasteiger partial charge < -0.3 is 9.52 Å². The van der Waals surface area contributed by atoms with Gasteiger partial charge >= 0.3 is 5.97 Å². The molecule has 0 saturated carbocycles. The van der Waals surface area contributed by atoms with Crippen molar-refractivity contribution in [3.05, 3.63) is 45.5 Å². The first kappa shape index (κ1) is 11.5. The van der Waals surface area contributed by atoms with Gasteiger partial charge in [-0.1, -0.05) is 0 Å². The van der Waals surface area contributed by atoms with E-state index in [4.69, 9.17) is 9.52 Å². The molecule has 0 aromatic carbocycles. The van der Waals surface area contributed by atoms with Gasteiger partial charge in [0.05, 0.1) is 12.8 Å². The largest absolute Gasteiger partial charge is 0.477 e. The molecule has 5 heteroatoms. The molecule has 0 amide bonds. The lowest BCUT2D eigenvalue weighted by atomic mass is 10.1. The highest BCUT2D eigenvalue weighted by atomic mass is 32.1. The highest BCUT2D eigenvalue weighted by Gasteiger charge is 2.21. The molecule has 3 heterocycles. The Morgan fingerprint density at radius 2 is 2.44 bits per heavy atom. The van der Waals surface area contributed by atoms with E-state index in [9.17, 15) is 4.79 Å². The van der Waals surface area contributed by atoms with E-state index < -0.39 is 5.97 Å². The van der Waals surface area contributed by atoms with Crippen molar-refractivity contribution in [1.29, 1.82) is 0 Å². The number of carbonyl (C=O) groups is 1. The van der Waals surface area contributed by atoms with Crippen LogP contribution in [0.15, 0.2) is 28.9 Å². The lowest BCUT2D eigenvalue weighted by molar-refractivity contribution is 0.0702. The van der Waals surface area contributed by atoms with E-state index in [1.54, 1.807) is 6.26 Å². The third-order valence-corrected chi connectivity index (χ3v) is 4.28. The molecule has 18 heavy (non-hydrogen) atoms. The Morgan fingerprint density at radius 3 is 3.17 bits per heavy atom. The summed E-state index contributed by atoms with van der Waals surface area (Å²) in [5.41, 5.74) is 1.19. The first-order valence-corrected chi connectivity index (χ1v) is 6.63. The average Bonchev–Trinajstić information content (AvgIpc) is 2.96. The Balaban J connectivity index is 1.74. The van der Waals surface area contributed by atoms with Gasteiger partial charge in [0.1, 0.15) is 10.6 Å². The van der Waals surface area contributed by atoms with Crippen LogP contribution in [-0.4, -0.2) is 22.5 Å². The number of hydrogen-bond donors (Lipinski definition) is 1. The van der Waals surface area contributed by atoms with E-state index in [2.05, 4.69) is 4.90 Å². The van der Waals surface area contributed by atoms with Crippen LogP contribution in [0.5, 0.6) is 0 Å². The van der Waals surface area contributed by atoms with E-state index in [-0.39, 0.29) is 0 Å². The molecule has 1 aliphatic heterocycles. The molecule has 0 aliphatic carbocycles. The summed E-state index contributed by atoms with van der Waals surface area (Å²) >= 11 is 1.39. The molecule has 94 valence electrons. The standard InChI is InChI=1S/C13H13NO3S/c15-13(16)11-6-9-3-4-14(8-12(9)18-11)7-10-2-1-5-17-10/h1-2,5-6H,3-4,7-8H2,(H,15,16). The van der Waals surface area contributed by atoms with E-state index in [1.807, 2.05) is 18.2 Å². The van der Waals surface area contributed by atoms with E-state index in [1.165, 1.54) is 21.8 Å². The van der Waals surface area contributed by atoms with Gasteiger partial charge in [0.2, 0.25) is 0 Å². The zero-order valence-corrected chi connectivity index (χ0v) is 10.6.